The number of carbonyl (C=O) groups excluding carboxylic acids is 1. The number of unbranched alkanes of at least 4 members (excludes halogenated alkanes) is 1. The molecule has 3 nitrogen and oxygen atoms in total. The van der Waals surface area contributed by atoms with Gasteiger partial charge in [0.1, 0.15) is 0 Å². The number of para-hydroxylation sites is 1. The molecule has 0 saturated carbocycles. The van der Waals surface area contributed by atoms with E-state index in [0.717, 1.165) is 52.8 Å². The fourth-order valence-electron chi connectivity index (χ4n) is 2.75. The van der Waals surface area contributed by atoms with Gasteiger partial charge in [-0.25, -0.2) is 4.98 Å². The van der Waals surface area contributed by atoms with Crippen LogP contribution in [-0.2, 0) is 0 Å². The molecule has 0 amide bonds. The number of anilines is 1. The van der Waals surface area contributed by atoms with E-state index in [4.69, 9.17) is 4.98 Å². The van der Waals surface area contributed by atoms with Crippen LogP contribution in [0.1, 0.15) is 37.0 Å². The van der Waals surface area contributed by atoms with E-state index in [0.29, 0.717) is 0 Å². The summed E-state index contributed by atoms with van der Waals surface area (Å²) < 4.78 is 0. The van der Waals surface area contributed by atoms with Crippen LogP contribution in [0.3, 0.4) is 0 Å². The summed E-state index contributed by atoms with van der Waals surface area (Å²) in [5.74, 6) is 0.0786. The summed E-state index contributed by atoms with van der Waals surface area (Å²) in [6.45, 7) is 4.72. The first-order valence-electron chi connectivity index (χ1n) is 8.44. The quantitative estimate of drug-likeness (QED) is 0.494. The number of nitrogens with zero attached hydrogens (tertiary/aromatic N) is 1. The van der Waals surface area contributed by atoms with Crippen molar-refractivity contribution in [1.82, 2.24) is 4.98 Å². The molecule has 0 unspecified atom stereocenters. The van der Waals surface area contributed by atoms with Crippen LogP contribution < -0.4 is 5.32 Å². The number of benzene rings is 2. The van der Waals surface area contributed by atoms with Crippen LogP contribution in [0.2, 0.25) is 0 Å². The van der Waals surface area contributed by atoms with Crippen molar-refractivity contribution in [1.29, 1.82) is 0 Å². The topological polar surface area (TPSA) is 42.0 Å². The van der Waals surface area contributed by atoms with Gasteiger partial charge in [0.15, 0.2) is 5.78 Å². The molecule has 0 aliphatic heterocycles. The van der Waals surface area contributed by atoms with Crippen LogP contribution in [0.4, 0.5) is 5.69 Å². The van der Waals surface area contributed by atoms with E-state index in [1.807, 2.05) is 42.5 Å². The number of hydrogen-bond acceptors (Lipinski definition) is 3. The number of hydrogen-bond donors (Lipinski definition) is 1. The van der Waals surface area contributed by atoms with Crippen molar-refractivity contribution < 1.29 is 4.79 Å². The van der Waals surface area contributed by atoms with Crippen molar-refractivity contribution in [3.63, 3.8) is 0 Å². The summed E-state index contributed by atoms with van der Waals surface area (Å²) in [5.41, 5.74) is 4.75. The van der Waals surface area contributed by atoms with Crippen molar-refractivity contribution in [2.75, 3.05) is 11.9 Å². The van der Waals surface area contributed by atoms with E-state index in [-0.39, 0.29) is 5.78 Å². The molecule has 0 bridgehead atoms. The van der Waals surface area contributed by atoms with Crippen LogP contribution in [0, 0.1) is 0 Å². The number of ketones is 1. The third kappa shape index (κ3) is 3.46. The molecular weight excluding hydrogens is 296 g/mol. The second kappa shape index (κ2) is 7.26. The summed E-state index contributed by atoms with van der Waals surface area (Å²) in [5, 5.41) is 4.67. The van der Waals surface area contributed by atoms with Gasteiger partial charge >= 0.3 is 0 Å². The van der Waals surface area contributed by atoms with Crippen molar-refractivity contribution in [3.8, 4) is 11.3 Å². The molecule has 0 radical (unpaired) electrons. The van der Waals surface area contributed by atoms with Crippen LogP contribution >= 0.6 is 0 Å². The average molecular weight is 318 g/mol. The summed E-state index contributed by atoms with van der Waals surface area (Å²) in [4.78, 5) is 16.2. The van der Waals surface area contributed by atoms with Crippen LogP contribution in [0.25, 0.3) is 22.2 Å². The molecule has 1 heterocycles. The Kier molecular flexibility index (Phi) is 4.90. The molecule has 1 N–H and O–H groups in total. The molecule has 0 aliphatic carbocycles. The molecule has 0 aliphatic rings. The first-order chi connectivity index (χ1) is 11.7. The molecule has 3 heteroatoms. The van der Waals surface area contributed by atoms with Gasteiger partial charge in [-0.2, -0.15) is 0 Å². The number of fused-ring (bicyclic) bond motifs is 1. The van der Waals surface area contributed by atoms with E-state index in [1.165, 1.54) is 0 Å². The predicted molar refractivity (Wildman–Crippen MR) is 101 cm³/mol. The maximum atomic E-state index is 11.4. The SMILES string of the molecule is CCCCNc1cc(-c2ccc(C(C)=O)cc2)nc2ccccc12. The molecule has 3 aromatic rings. The molecule has 24 heavy (non-hydrogen) atoms. The van der Waals surface area contributed by atoms with Gasteiger partial charge in [0.2, 0.25) is 0 Å². The van der Waals surface area contributed by atoms with Gasteiger partial charge in [-0.05, 0) is 25.5 Å². The number of Topliss-reactive ketones (excluding diaryl/α,β-unsaturated/α-hetero) is 1. The summed E-state index contributed by atoms with van der Waals surface area (Å²) in [6, 6.07) is 17.9. The molecule has 122 valence electrons. The summed E-state index contributed by atoms with van der Waals surface area (Å²) in [7, 11) is 0. The lowest BCUT2D eigenvalue weighted by Gasteiger charge is -2.12. The first kappa shape index (κ1) is 16.2. The number of pyridine rings is 1. The van der Waals surface area contributed by atoms with E-state index >= 15 is 0 Å². The highest BCUT2D eigenvalue weighted by Gasteiger charge is 2.08. The lowest BCUT2D eigenvalue weighted by Crippen LogP contribution is -2.02. The van der Waals surface area contributed by atoms with Crippen LogP contribution in [-0.4, -0.2) is 17.3 Å². The maximum absolute atomic E-state index is 11.4. The molecule has 0 fully saturated rings. The van der Waals surface area contributed by atoms with E-state index in [9.17, 15) is 4.79 Å². The third-order valence-electron chi connectivity index (χ3n) is 4.15. The number of rotatable bonds is 6. The van der Waals surface area contributed by atoms with Gasteiger partial charge in [-0.3, -0.25) is 4.79 Å². The monoisotopic (exact) mass is 318 g/mol. The van der Waals surface area contributed by atoms with Crippen molar-refractivity contribution in [3.05, 3.63) is 60.2 Å². The average Bonchev–Trinajstić information content (AvgIpc) is 2.62. The Bertz CT molecular complexity index is 853. The number of aromatic nitrogens is 1. The van der Waals surface area contributed by atoms with Gasteiger partial charge < -0.3 is 5.32 Å². The van der Waals surface area contributed by atoms with E-state index in [2.05, 4.69) is 24.4 Å². The van der Waals surface area contributed by atoms with Crippen molar-refractivity contribution in [2.24, 2.45) is 0 Å². The molecule has 0 saturated heterocycles. The Balaban J connectivity index is 2.02. The highest BCUT2D eigenvalue weighted by atomic mass is 16.1. The van der Waals surface area contributed by atoms with E-state index < -0.39 is 0 Å². The lowest BCUT2D eigenvalue weighted by molar-refractivity contribution is 0.101. The van der Waals surface area contributed by atoms with Gasteiger partial charge in [-0.1, -0.05) is 55.8 Å². The zero-order valence-corrected chi connectivity index (χ0v) is 14.2. The molecular formula is C21H22N2O. The summed E-state index contributed by atoms with van der Waals surface area (Å²) >= 11 is 0. The first-order valence-corrected chi connectivity index (χ1v) is 8.44. The molecule has 0 atom stereocenters. The highest BCUT2D eigenvalue weighted by molar-refractivity contribution is 5.95. The smallest absolute Gasteiger partial charge is 0.159 e. The lowest BCUT2D eigenvalue weighted by atomic mass is 10.0. The van der Waals surface area contributed by atoms with Gasteiger partial charge in [0.25, 0.3) is 0 Å². The Morgan fingerprint density at radius 3 is 2.54 bits per heavy atom. The van der Waals surface area contributed by atoms with Crippen LogP contribution in [0.15, 0.2) is 54.6 Å². The Morgan fingerprint density at radius 1 is 1.08 bits per heavy atom. The fraction of sp³-hybridized carbons (Fsp3) is 0.238. The summed E-state index contributed by atoms with van der Waals surface area (Å²) in [6.07, 6.45) is 2.30. The van der Waals surface area contributed by atoms with Crippen molar-refractivity contribution >= 4 is 22.4 Å². The molecule has 1 aromatic heterocycles. The molecule has 2 aromatic carbocycles. The minimum Gasteiger partial charge on any atom is -0.384 e. The van der Waals surface area contributed by atoms with Crippen LogP contribution in [0.5, 0.6) is 0 Å². The minimum absolute atomic E-state index is 0.0786. The third-order valence-corrected chi connectivity index (χ3v) is 4.15. The number of nitrogens with one attached hydrogen (secondary N) is 1. The Morgan fingerprint density at radius 2 is 1.83 bits per heavy atom. The second-order valence-corrected chi connectivity index (χ2v) is 5.99. The van der Waals surface area contributed by atoms with E-state index in [1.54, 1.807) is 6.92 Å². The van der Waals surface area contributed by atoms with Gasteiger partial charge in [0, 0.05) is 28.7 Å². The normalized spacial score (nSPS) is 10.8. The van der Waals surface area contributed by atoms with Gasteiger partial charge in [0.05, 0.1) is 11.2 Å². The zero-order chi connectivity index (χ0) is 16.9. The highest BCUT2D eigenvalue weighted by Crippen LogP contribution is 2.28. The molecule has 3 rings (SSSR count). The Hall–Kier alpha value is -2.68. The predicted octanol–water partition coefficient (Wildman–Crippen LogP) is 5.32. The zero-order valence-electron chi connectivity index (χ0n) is 14.2. The second-order valence-electron chi connectivity index (χ2n) is 5.99. The Labute approximate surface area is 142 Å². The maximum Gasteiger partial charge on any atom is 0.159 e. The fourth-order valence-corrected chi connectivity index (χ4v) is 2.75. The molecule has 0 spiro atoms. The largest absolute Gasteiger partial charge is 0.384 e. The standard InChI is InChI=1S/C21H22N2O/c1-3-4-13-22-21-14-20(23-19-8-6-5-7-18(19)21)17-11-9-16(10-12-17)15(2)24/h5-12,14H,3-4,13H2,1-2H3,(H,22,23). The minimum atomic E-state index is 0.0786. The van der Waals surface area contributed by atoms with Crippen molar-refractivity contribution in [2.45, 2.75) is 26.7 Å². The number of carbonyl (C=O) groups is 1. The van der Waals surface area contributed by atoms with Gasteiger partial charge in [-0.15, -0.1) is 0 Å².